The van der Waals surface area contributed by atoms with Gasteiger partial charge in [0.25, 0.3) is 11.8 Å². The molecule has 3 aromatic rings. The summed E-state index contributed by atoms with van der Waals surface area (Å²) in [6, 6.07) is 10.8. The molecule has 1 aromatic heterocycles. The molecule has 2 aromatic carbocycles. The fourth-order valence-electron chi connectivity index (χ4n) is 2.56. The molecule has 0 aliphatic heterocycles. The van der Waals surface area contributed by atoms with Gasteiger partial charge in [-0.05, 0) is 48.4 Å². The Hall–Kier alpha value is -3.53. The molecule has 3 rings (SSSR count). The van der Waals surface area contributed by atoms with Crippen molar-refractivity contribution < 1.29 is 23.5 Å². The van der Waals surface area contributed by atoms with E-state index < -0.39 is 17.6 Å². The highest BCUT2D eigenvalue weighted by atomic mass is 32.1. The van der Waals surface area contributed by atoms with Crippen LogP contribution in [0.25, 0.3) is 0 Å². The van der Waals surface area contributed by atoms with Crippen molar-refractivity contribution in [2.45, 2.75) is 6.42 Å². The van der Waals surface area contributed by atoms with Crippen molar-refractivity contribution in [2.24, 2.45) is 0 Å². The summed E-state index contributed by atoms with van der Waals surface area (Å²) >= 11 is 0.872. The van der Waals surface area contributed by atoms with Gasteiger partial charge in [0.2, 0.25) is 10.0 Å². The molecule has 0 aliphatic rings. The molecule has 0 spiro atoms. The van der Waals surface area contributed by atoms with Crippen molar-refractivity contribution in [3.05, 3.63) is 63.9 Å². The molecule has 1 heterocycles. The maximum Gasteiger partial charge on any atom is 0.286 e. The molecule has 10 heteroatoms. The molecular formula is C20H19FN4O4S. The zero-order chi connectivity index (χ0) is 21.5. The van der Waals surface area contributed by atoms with Crippen LogP contribution in [0.3, 0.4) is 0 Å². The predicted molar refractivity (Wildman–Crippen MR) is 110 cm³/mol. The van der Waals surface area contributed by atoms with Gasteiger partial charge in [0.1, 0.15) is 5.82 Å². The Morgan fingerprint density at radius 3 is 2.30 bits per heavy atom. The van der Waals surface area contributed by atoms with E-state index in [9.17, 15) is 14.0 Å². The molecule has 8 nitrogen and oxygen atoms in total. The van der Waals surface area contributed by atoms with E-state index in [2.05, 4.69) is 20.8 Å². The van der Waals surface area contributed by atoms with E-state index in [4.69, 9.17) is 9.47 Å². The molecule has 2 N–H and O–H groups in total. The van der Waals surface area contributed by atoms with Crippen LogP contribution >= 0.6 is 11.3 Å². The van der Waals surface area contributed by atoms with E-state index in [1.54, 1.807) is 20.3 Å². The third kappa shape index (κ3) is 5.29. The molecule has 2 amide bonds. The predicted octanol–water partition coefficient (Wildman–Crippen LogP) is 2.92. The summed E-state index contributed by atoms with van der Waals surface area (Å²) in [6.45, 7) is 0.366. The summed E-state index contributed by atoms with van der Waals surface area (Å²) in [5.74, 6) is -0.110. The minimum Gasteiger partial charge on any atom is -0.493 e. The van der Waals surface area contributed by atoms with Crippen molar-refractivity contribution in [1.29, 1.82) is 0 Å². The molecule has 156 valence electrons. The number of ether oxygens (including phenoxy) is 2. The van der Waals surface area contributed by atoms with Crippen LogP contribution in [0.1, 0.15) is 25.2 Å². The first-order valence-corrected chi connectivity index (χ1v) is 9.71. The number of anilines is 1. The van der Waals surface area contributed by atoms with Crippen molar-refractivity contribution in [1.82, 2.24) is 15.5 Å². The van der Waals surface area contributed by atoms with Crippen molar-refractivity contribution in [3.8, 4) is 11.5 Å². The number of benzene rings is 2. The van der Waals surface area contributed by atoms with Crippen LogP contribution in [0, 0.1) is 5.82 Å². The number of halogens is 1. The number of rotatable bonds is 8. The second kappa shape index (κ2) is 9.79. The van der Waals surface area contributed by atoms with Crippen LogP contribution in [0.2, 0.25) is 0 Å². The quantitative estimate of drug-likeness (QED) is 0.570. The monoisotopic (exact) mass is 430 g/mol. The van der Waals surface area contributed by atoms with Crippen LogP contribution in [0.15, 0.2) is 42.5 Å². The zero-order valence-electron chi connectivity index (χ0n) is 16.3. The highest BCUT2D eigenvalue weighted by molar-refractivity contribution is 7.15. The topological polar surface area (TPSA) is 102 Å². The van der Waals surface area contributed by atoms with Gasteiger partial charge in [0.15, 0.2) is 11.5 Å². The van der Waals surface area contributed by atoms with Crippen LogP contribution < -0.4 is 20.1 Å². The first-order valence-electron chi connectivity index (χ1n) is 8.89. The second-order valence-corrected chi connectivity index (χ2v) is 7.05. The Kier molecular flexibility index (Phi) is 6.91. The lowest BCUT2D eigenvalue weighted by atomic mass is 10.1. The Morgan fingerprint density at radius 1 is 0.967 bits per heavy atom. The molecule has 0 saturated carbocycles. The number of hydrogen-bond acceptors (Lipinski definition) is 7. The molecule has 0 unspecified atom stereocenters. The van der Waals surface area contributed by atoms with Gasteiger partial charge in [-0.15, -0.1) is 10.2 Å². The number of amides is 2. The van der Waals surface area contributed by atoms with E-state index in [1.807, 2.05) is 12.1 Å². The number of aromatic nitrogens is 2. The first kappa shape index (κ1) is 21.2. The fourth-order valence-corrected chi connectivity index (χ4v) is 3.21. The summed E-state index contributed by atoms with van der Waals surface area (Å²) < 4.78 is 23.4. The van der Waals surface area contributed by atoms with Crippen LogP contribution in [0.4, 0.5) is 10.1 Å². The van der Waals surface area contributed by atoms with Gasteiger partial charge in [0.05, 0.1) is 14.2 Å². The SMILES string of the molecule is COc1ccc(CCNC(=O)c2nnc(C(=O)Nc3ccc(F)cc3)s2)cc1OC. The average Bonchev–Trinajstić information content (AvgIpc) is 3.26. The zero-order valence-corrected chi connectivity index (χ0v) is 17.1. The maximum atomic E-state index is 12.9. The Morgan fingerprint density at radius 2 is 1.63 bits per heavy atom. The van der Waals surface area contributed by atoms with Crippen molar-refractivity contribution in [3.63, 3.8) is 0 Å². The minimum absolute atomic E-state index is 0.0318. The van der Waals surface area contributed by atoms with Gasteiger partial charge in [0, 0.05) is 12.2 Å². The highest BCUT2D eigenvalue weighted by Crippen LogP contribution is 2.27. The maximum absolute atomic E-state index is 12.9. The van der Waals surface area contributed by atoms with Crippen LogP contribution in [-0.2, 0) is 6.42 Å². The lowest BCUT2D eigenvalue weighted by Gasteiger charge is -2.09. The number of hydrogen-bond donors (Lipinski definition) is 2. The van der Waals surface area contributed by atoms with Gasteiger partial charge in [-0.2, -0.15) is 0 Å². The van der Waals surface area contributed by atoms with Crippen LogP contribution in [-0.4, -0.2) is 42.8 Å². The summed E-state index contributed by atoms with van der Waals surface area (Å²) in [4.78, 5) is 24.5. The van der Waals surface area contributed by atoms with Gasteiger partial charge in [-0.25, -0.2) is 4.39 Å². The highest BCUT2D eigenvalue weighted by Gasteiger charge is 2.17. The Labute approximate surface area is 176 Å². The fraction of sp³-hybridized carbons (Fsp3) is 0.200. The summed E-state index contributed by atoms with van der Waals surface area (Å²) in [7, 11) is 3.12. The number of carbonyl (C=O) groups is 2. The molecular weight excluding hydrogens is 411 g/mol. The Bertz CT molecular complexity index is 1040. The van der Waals surface area contributed by atoms with Gasteiger partial charge in [-0.3, -0.25) is 9.59 Å². The summed E-state index contributed by atoms with van der Waals surface area (Å²) in [5.41, 5.74) is 1.38. The molecule has 0 saturated heterocycles. The van der Waals surface area contributed by atoms with Gasteiger partial charge in [-0.1, -0.05) is 17.4 Å². The minimum atomic E-state index is -0.525. The molecule has 30 heavy (non-hydrogen) atoms. The molecule has 0 bridgehead atoms. The van der Waals surface area contributed by atoms with E-state index in [-0.39, 0.29) is 10.0 Å². The lowest BCUT2D eigenvalue weighted by molar-refractivity contribution is 0.0951. The van der Waals surface area contributed by atoms with E-state index in [0.717, 1.165) is 16.9 Å². The van der Waals surface area contributed by atoms with Crippen molar-refractivity contribution in [2.75, 3.05) is 26.1 Å². The van der Waals surface area contributed by atoms with E-state index >= 15 is 0 Å². The molecule has 0 aliphatic carbocycles. The van der Waals surface area contributed by atoms with E-state index in [1.165, 1.54) is 24.3 Å². The second-order valence-electron chi connectivity index (χ2n) is 6.07. The first-order chi connectivity index (χ1) is 14.5. The standard InChI is InChI=1S/C20H19FN4O4S/c1-28-15-8-3-12(11-16(15)29-2)9-10-22-17(26)19-24-25-20(30-19)18(27)23-14-6-4-13(21)5-7-14/h3-8,11H,9-10H2,1-2H3,(H,22,26)(H,23,27). The van der Waals surface area contributed by atoms with Gasteiger partial charge < -0.3 is 20.1 Å². The number of methoxy groups -OCH3 is 2. The number of nitrogens with zero attached hydrogens (tertiary/aromatic N) is 2. The molecule has 0 radical (unpaired) electrons. The molecule has 0 atom stereocenters. The van der Waals surface area contributed by atoms with Crippen LogP contribution in [0.5, 0.6) is 11.5 Å². The normalized spacial score (nSPS) is 10.4. The number of nitrogens with one attached hydrogen (secondary N) is 2. The summed E-state index contributed by atoms with van der Waals surface area (Å²) in [6.07, 6.45) is 0.572. The van der Waals surface area contributed by atoms with Crippen molar-refractivity contribution >= 4 is 28.8 Å². The average molecular weight is 430 g/mol. The summed E-state index contributed by atoms with van der Waals surface area (Å²) in [5, 5.41) is 12.9. The largest absolute Gasteiger partial charge is 0.493 e. The molecule has 0 fully saturated rings. The smallest absolute Gasteiger partial charge is 0.286 e. The third-order valence-corrected chi connectivity index (χ3v) is 4.98. The number of carbonyl (C=O) groups excluding carboxylic acids is 2. The lowest BCUT2D eigenvalue weighted by Crippen LogP contribution is -2.25. The Balaban J connectivity index is 1.53. The third-order valence-electron chi connectivity index (χ3n) is 4.06. The van der Waals surface area contributed by atoms with Gasteiger partial charge >= 0.3 is 0 Å². The van der Waals surface area contributed by atoms with E-state index in [0.29, 0.717) is 30.2 Å².